The number of carbonyl (C=O) groups is 1. The first-order valence-corrected chi connectivity index (χ1v) is 4.10. The van der Waals surface area contributed by atoms with Crippen molar-refractivity contribution in [2.24, 2.45) is 0 Å². The summed E-state index contributed by atoms with van der Waals surface area (Å²) >= 11 is 0. The Morgan fingerprint density at radius 3 is 3.20 bits per heavy atom. The summed E-state index contributed by atoms with van der Waals surface area (Å²) in [7, 11) is 0. The summed E-state index contributed by atoms with van der Waals surface area (Å²) in [6.07, 6.45) is 4.38. The van der Waals surface area contributed by atoms with E-state index in [4.69, 9.17) is 4.42 Å². The van der Waals surface area contributed by atoms with Crippen LogP contribution in [0.2, 0.25) is 0 Å². The van der Waals surface area contributed by atoms with Crippen LogP contribution in [0, 0.1) is 0 Å². The zero-order valence-corrected chi connectivity index (χ0v) is 7.54. The molecule has 0 aliphatic heterocycles. The van der Waals surface area contributed by atoms with E-state index >= 15 is 0 Å². The third-order valence-corrected chi connectivity index (χ3v) is 1.52. The van der Waals surface area contributed by atoms with E-state index in [1.54, 1.807) is 12.1 Å². The van der Waals surface area contributed by atoms with Crippen LogP contribution in [0.1, 0.15) is 5.76 Å². The Morgan fingerprint density at radius 1 is 1.60 bits per heavy atom. The van der Waals surface area contributed by atoms with Gasteiger partial charge in [-0.1, -0.05) is 5.10 Å². The summed E-state index contributed by atoms with van der Waals surface area (Å²) in [5, 5.41) is 15.0. The maximum atomic E-state index is 11.2. The van der Waals surface area contributed by atoms with Crippen LogP contribution in [0.25, 0.3) is 6.08 Å². The van der Waals surface area contributed by atoms with Gasteiger partial charge in [-0.25, -0.2) is 0 Å². The van der Waals surface area contributed by atoms with Gasteiger partial charge in [0, 0.05) is 6.08 Å². The van der Waals surface area contributed by atoms with Crippen LogP contribution in [0.5, 0.6) is 0 Å². The lowest BCUT2D eigenvalue weighted by Gasteiger charge is -1.91. The molecule has 2 heterocycles. The largest absolute Gasteiger partial charge is 0.465 e. The van der Waals surface area contributed by atoms with Crippen molar-refractivity contribution in [2.75, 3.05) is 5.32 Å². The number of aromatic amines is 1. The first-order chi connectivity index (χ1) is 7.34. The van der Waals surface area contributed by atoms with Crippen molar-refractivity contribution in [3.05, 3.63) is 30.2 Å². The SMILES string of the molecule is O=C(C=Cc1ccco1)Nc1nn[nH]n1. The molecule has 15 heavy (non-hydrogen) atoms. The summed E-state index contributed by atoms with van der Waals surface area (Å²) in [5.74, 6) is 0.371. The molecule has 7 heteroatoms. The van der Waals surface area contributed by atoms with E-state index in [0.717, 1.165) is 0 Å². The van der Waals surface area contributed by atoms with Gasteiger partial charge >= 0.3 is 0 Å². The van der Waals surface area contributed by atoms with Gasteiger partial charge in [0.15, 0.2) is 0 Å². The minimum absolute atomic E-state index is 0.129. The predicted molar refractivity (Wildman–Crippen MR) is 50.5 cm³/mol. The number of aromatic nitrogens is 4. The van der Waals surface area contributed by atoms with E-state index in [-0.39, 0.29) is 11.9 Å². The van der Waals surface area contributed by atoms with Crippen molar-refractivity contribution in [3.8, 4) is 0 Å². The molecular formula is C8H7N5O2. The molecule has 0 atom stereocenters. The smallest absolute Gasteiger partial charge is 0.270 e. The number of amides is 1. The minimum atomic E-state index is -0.354. The number of nitrogens with one attached hydrogen (secondary N) is 2. The molecule has 0 fully saturated rings. The van der Waals surface area contributed by atoms with Gasteiger partial charge in [0.05, 0.1) is 6.26 Å². The molecule has 0 aliphatic carbocycles. The molecule has 2 N–H and O–H groups in total. The Bertz CT molecular complexity index is 445. The highest BCUT2D eigenvalue weighted by Crippen LogP contribution is 2.02. The van der Waals surface area contributed by atoms with Crippen LogP contribution in [0.4, 0.5) is 5.95 Å². The number of hydrogen-bond donors (Lipinski definition) is 2. The number of carbonyl (C=O) groups excluding carboxylic acids is 1. The number of hydrogen-bond acceptors (Lipinski definition) is 5. The Hall–Kier alpha value is -2.44. The fourth-order valence-corrected chi connectivity index (χ4v) is 0.911. The molecule has 0 saturated heterocycles. The second kappa shape index (κ2) is 4.18. The lowest BCUT2D eigenvalue weighted by molar-refractivity contribution is -0.111. The zero-order chi connectivity index (χ0) is 10.5. The summed E-state index contributed by atoms with van der Waals surface area (Å²) in [4.78, 5) is 11.2. The molecule has 0 bridgehead atoms. The first-order valence-electron chi connectivity index (χ1n) is 4.10. The molecule has 0 aromatic carbocycles. The number of tetrazole rings is 1. The maximum Gasteiger partial charge on any atom is 0.270 e. The topological polar surface area (TPSA) is 96.7 Å². The molecule has 0 radical (unpaired) electrons. The van der Waals surface area contributed by atoms with E-state index in [9.17, 15) is 4.79 Å². The second-order valence-corrected chi connectivity index (χ2v) is 2.57. The number of nitrogens with zero attached hydrogens (tertiary/aromatic N) is 3. The number of H-pyrrole nitrogens is 1. The van der Waals surface area contributed by atoms with Gasteiger partial charge in [0.25, 0.3) is 11.9 Å². The molecule has 2 aromatic rings. The zero-order valence-electron chi connectivity index (χ0n) is 7.54. The van der Waals surface area contributed by atoms with Gasteiger partial charge in [0.1, 0.15) is 5.76 Å². The number of anilines is 1. The molecule has 0 spiro atoms. The van der Waals surface area contributed by atoms with Crippen LogP contribution >= 0.6 is 0 Å². The van der Waals surface area contributed by atoms with Crippen molar-refractivity contribution in [3.63, 3.8) is 0 Å². The highest BCUT2D eigenvalue weighted by atomic mass is 16.3. The van der Waals surface area contributed by atoms with Crippen molar-refractivity contribution in [1.82, 2.24) is 20.6 Å². The maximum absolute atomic E-state index is 11.2. The summed E-state index contributed by atoms with van der Waals surface area (Å²) < 4.78 is 5.00. The number of furan rings is 1. The van der Waals surface area contributed by atoms with Crippen molar-refractivity contribution in [1.29, 1.82) is 0 Å². The number of rotatable bonds is 3. The molecule has 0 saturated carbocycles. The standard InChI is InChI=1S/C8H7N5O2/c14-7(9-8-10-12-13-11-8)4-3-6-2-1-5-15-6/h1-5H,(H2,9,10,11,12,13,14). The summed E-state index contributed by atoms with van der Waals surface area (Å²) in [5.41, 5.74) is 0. The average Bonchev–Trinajstić information content (AvgIpc) is 2.86. The normalized spacial score (nSPS) is 10.7. The molecule has 7 nitrogen and oxygen atoms in total. The molecule has 1 amide bonds. The monoisotopic (exact) mass is 205 g/mol. The lowest BCUT2D eigenvalue weighted by Crippen LogP contribution is -2.08. The summed E-state index contributed by atoms with van der Waals surface area (Å²) in [6, 6.07) is 3.47. The van der Waals surface area contributed by atoms with Crippen LogP contribution in [-0.2, 0) is 4.79 Å². The van der Waals surface area contributed by atoms with Crippen molar-refractivity contribution < 1.29 is 9.21 Å². The predicted octanol–water partition coefficient (Wildman–Crippen LogP) is 0.445. The fourth-order valence-electron chi connectivity index (χ4n) is 0.911. The third-order valence-electron chi connectivity index (χ3n) is 1.52. The lowest BCUT2D eigenvalue weighted by atomic mass is 10.4. The van der Waals surface area contributed by atoms with E-state index in [2.05, 4.69) is 25.9 Å². The Labute approximate surface area is 84.2 Å². The van der Waals surface area contributed by atoms with E-state index in [1.807, 2.05) is 0 Å². The summed E-state index contributed by atoms with van der Waals surface area (Å²) in [6.45, 7) is 0. The van der Waals surface area contributed by atoms with Gasteiger partial charge < -0.3 is 4.42 Å². The van der Waals surface area contributed by atoms with Crippen molar-refractivity contribution in [2.45, 2.75) is 0 Å². The molecule has 0 aliphatic rings. The van der Waals surface area contributed by atoms with Crippen LogP contribution in [0.15, 0.2) is 28.9 Å². The molecule has 2 rings (SSSR count). The molecule has 76 valence electrons. The highest BCUT2D eigenvalue weighted by molar-refractivity contribution is 6.00. The molecule has 0 unspecified atom stereocenters. The van der Waals surface area contributed by atoms with Crippen LogP contribution in [-0.4, -0.2) is 26.5 Å². The van der Waals surface area contributed by atoms with E-state index in [0.29, 0.717) is 5.76 Å². The van der Waals surface area contributed by atoms with Crippen molar-refractivity contribution >= 4 is 17.9 Å². The van der Waals surface area contributed by atoms with E-state index < -0.39 is 0 Å². The Morgan fingerprint density at radius 2 is 2.53 bits per heavy atom. The van der Waals surface area contributed by atoms with Gasteiger partial charge in [-0.15, -0.1) is 5.10 Å². The quantitative estimate of drug-likeness (QED) is 0.709. The third kappa shape index (κ3) is 2.50. The molecular weight excluding hydrogens is 198 g/mol. The Balaban J connectivity index is 1.93. The molecule has 2 aromatic heterocycles. The first kappa shape index (κ1) is 9.13. The minimum Gasteiger partial charge on any atom is -0.465 e. The highest BCUT2D eigenvalue weighted by Gasteiger charge is 2.00. The van der Waals surface area contributed by atoms with Gasteiger partial charge in [0.2, 0.25) is 0 Å². The van der Waals surface area contributed by atoms with E-state index in [1.165, 1.54) is 18.4 Å². The van der Waals surface area contributed by atoms with Gasteiger partial charge in [-0.05, 0) is 23.4 Å². The van der Waals surface area contributed by atoms with Crippen LogP contribution in [0.3, 0.4) is 0 Å². The van der Waals surface area contributed by atoms with Gasteiger partial charge in [-0.2, -0.15) is 5.21 Å². The second-order valence-electron chi connectivity index (χ2n) is 2.57. The van der Waals surface area contributed by atoms with Crippen LogP contribution < -0.4 is 5.32 Å². The fraction of sp³-hybridized carbons (Fsp3) is 0. The Kier molecular flexibility index (Phi) is 2.54. The van der Waals surface area contributed by atoms with Gasteiger partial charge in [-0.3, -0.25) is 10.1 Å². The average molecular weight is 205 g/mol.